The Kier molecular flexibility index (Phi) is 3.05. The van der Waals surface area contributed by atoms with Crippen LogP contribution in [0.3, 0.4) is 0 Å². The number of nitrogens with zero attached hydrogens (tertiary/aromatic N) is 1. The molecule has 0 radical (unpaired) electrons. The number of hydrogen-bond donors (Lipinski definition) is 2. The van der Waals surface area contributed by atoms with Crippen molar-refractivity contribution in [2.24, 2.45) is 0 Å². The Labute approximate surface area is 101 Å². The van der Waals surface area contributed by atoms with E-state index in [-0.39, 0.29) is 5.69 Å². The molecule has 0 aliphatic heterocycles. The average molecular weight is 280 g/mol. The summed E-state index contributed by atoms with van der Waals surface area (Å²) in [7, 11) is 0. The molecule has 16 heavy (non-hydrogen) atoms. The summed E-state index contributed by atoms with van der Waals surface area (Å²) >= 11 is 3.37. The van der Waals surface area contributed by atoms with Gasteiger partial charge in [-0.1, -0.05) is 15.9 Å². The topological polar surface area (TPSA) is 57.8 Å². The van der Waals surface area contributed by atoms with Crippen molar-refractivity contribution in [3.05, 3.63) is 51.1 Å². The van der Waals surface area contributed by atoms with Crippen molar-refractivity contribution in [2.45, 2.75) is 6.92 Å². The van der Waals surface area contributed by atoms with E-state index in [1.807, 2.05) is 31.2 Å². The fraction of sp³-hybridized carbons (Fsp3) is 0.0909. The Morgan fingerprint density at radius 1 is 1.31 bits per heavy atom. The van der Waals surface area contributed by atoms with E-state index in [4.69, 9.17) is 0 Å². The molecule has 2 aromatic rings. The molecule has 0 fully saturated rings. The fourth-order valence-corrected chi connectivity index (χ4v) is 1.56. The van der Waals surface area contributed by atoms with E-state index in [1.54, 1.807) is 0 Å². The molecule has 0 atom stereocenters. The van der Waals surface area contributed by atoms with Crippen LogP contribution < -0.4 is 11.0 Å². The molecule has 1 aromatic heterocycles. The number of hydrogen-bond acceptors (Lipinski definition) is 3. The van der Waals surface area contributed by atoms with Crippen LogP contribution in [0.15, 0.2) is 39.7 Å². The van der Waals surface area contributed by atoms with Gasteiger partial charge in [0.25, 0.3) is 0 Å². The molecule has 0 aliphatic carbocycles. The number of rotatable bonds is 2. The Morgan fingerprint density at radius 3 is 2.62 bits per heavy atom. The second-order valence-electron chi connectivity index (χ2n) is 3.36. The summed E-state index contributed by atoms with van der Waals surface area (Å²) in [5.74, 6) is 0. The molecule has 1 heterocycles. The fourth-order valence-electron chi connectivity index (χ4n) is 1.29. The number of halogens is 1. The summed E-state index contributed by atoms with van der Waals surface area (Å²) in [5, 5.41) is 3.17. The van der Waals surface area contributed by atoms with Crippen LogP contribution in [-0.4, -0.2) is 9.97 Å². The SMILES string of the molecule is Cc1[nH]c(=O)ncc1Nc1ccc(Br)cc1. The van der Waals surface area contributed by atoms with Gasteiger partial charge in [-0.3, -0.25) is 0 Å². The highest BCUT2D eigenvalue weighted by molar-refractivity contribution is 9.10. The largest absolute Gasteiger partial charge is 0.353 e. The first-order valence-electron chi connectivity index (χ1n) is 4.73. The van der Waals surface area contributed by atoms with Crippen LogP contribution >= 0.6 is 15.9 Å². The molecular weight excluding hydrogens is 270 g/mol. The molecule has 2 N–H and O–H groups in total. The Hall–Kier alpha value is -1.62. The highest BCUT2D eigenvalue weighted by atomic mass is 79.9. The second kappa shape index (κ2) is 4.49. The number of aryl methyl sites for hydroxylation is 1. The monoisotopic (exact) mass is 279 g/mol. The lowest BCUT2D eigenvalue weighted by Gasteiger charge is -2.07. The van der Waals surface area contributed by atoms with Crippen LogP contribution in [0.25, 0.3) is 0 Å². The molecule has 0 saturated carbocycles. The molecule has 0 amide bonds. The summed E-state index contributed by atoms with van der Waals surface area (Å²) in [6, 6.07) is 7.76. The molecule has 0 saturated heterocycles. The van der Waals surface area contributed by atoms with Crippen molar-refractivity contribution >= 4 is 27.3 Å². The second-order valence-corrected chi connectivity index (χ2v) is 4.27. The van der Waals surface area contributed by atoms with Crippen LogP contribution in [0, 0.1) is 6.92 Å². The van der Waals surface area contributed by atoms with Crippen molar-refractivity contribution in [1.29, 1.82) is 0 Å². The van der Waals surface area contributed by atoms with Gasteiger partial charge in [-0.2, -0.15) is 4.98 Å². The Bertz CT molecular complexity index is 548. The zero-order valence-electron chi connectivity index (χ0n) is 8.62. The number of aromatic amines is 1. The van der Waals surface area contributed by atoms with Crippen molar-refractivity contribution < 1.29 is 0 Å². The highest BCUT2D eigenvalue weighted by Gasteiger charge is 2.00. The molecule has 0 unspecified atom stereocenters. The first-order valence-corrected chi connectivity index (χ1v) is 5.53. The summed E-state index contributed by atoms with van der Waals surface area (Å²) < 4.78 is 1.02. The highest BCUT2D eigenvalue weighted by Crippen LogP contribution is 2.19. The van der Waals surface area contributed by atoms with Crippen molar-refractivity contribution in [2.75, 3.05) is 5.32 Å². The van der Waals surface area contributed by atoms with Crippen molar-refractivity contribution in [1.82, 2.24) is 9.97 Å². The van der Waals surface area contributed by atoms with Gasteiger partial charge in [-0.05, 0) is 31.2 Å². The molecule has 0 aliphatic rings. The quantitative estimate of drug-likeness (QED) is 0.889. The van der Waals surface area contributed by atoms with Gasteiger partial charge in [0.1, 0.15) is 0 Å². The molecule has 5 heteroatoms. The van der Waals surface area contributed by atoms with Crippen molar-refractivity contribution in [3.63, 3.8) is 0 Å². The van der Waals surface area contributed by atoms with E-state index in [0.717, 1.165) is 21.5 Å². The maximum Gasteiger partial charge on any atom is 0.345 e. The molecule has 1 aromatic carbocycles. The number of benzene rings is 1. The Balaban J connectivity index is 2.27. The third-order valence-corrected chi connectivity index (χ3v) is 2.66. The normalized spacial score (nSPS) is 10.1. The van der Waals surface area contributed by atoms with Gasteiger partial charge in [-0.15, -0.1) is 0 Å². The molecule has 2 rings (SSSR count). The van der Waals surface area contributed by atoms with Crippen LogP contribution in [-0.2, 0) is 0 Å². The summed E-state index contributed by atoms with van der Waals surface area (Å²) in [6.45, 7) is 1.82. The van der Waals surface area contributed by atoms with Crippen LogP contribution in [0.4, 0.5) is 11.4 Å². The molecule has 0 spiro atoms. The molecular formula is C11H10BrN3O. The van der Waals surface area contributed by atoms with Crippen LogP contribution in [0.5, 0.6) is 0 Å². The first kappa shape index (κ1) is 10.9. The standard InChI is InChI=1S/C11H10BrN3O/c1-7-10(6-13-11(16)14-7)15-9-4-2-8(12)3-5-9/h2-6,15H,1H3,(H,13,14,16). The van der Waals surface area contributed by atoms with E-state index in [9.17, 15) is 4.79 Å². The van der Waals surface area contributed by atoms with Crippen LogP contribution in [0.1, 0.15) is 5.69 Å². The van der Waals surface area contributed by atoms with E-state index < -0.39 is 0 Å². The lowest BCUT2D eigenvalue weighted by Crippen LogP contribution is -2.12. The number of aromatic nitrogens is 2. The first-order chi connectivity index (χ1) is 7.65. The smallest absolute Gasteiger partial charge is 0.345 e. The Morgan fingerprint density at radius 2 is 2.00 bits per heavy atom. The maximum absolute atomic E-state index is 10.9. The third-order valence-electron chi connectivity index (χ3n) is 2.13. The lowest BCUT2D eigenvalue weighted by atomic mass is 10.3. The predicted octanol–water partition coefficient (Wildman–Crippen LogP) is 2.58. The zero-order chi connectivity index (χ0) is 11.5. The number of H-pyrrole nitrogens is 1. The minimum Gasteiger partial charge on any atom is -0.353 e. The summed E-state index contributed by atoms with van der Waals surface area (Å²) in [4.78, 5) is 17.2. The minimum absolute atomic E-state index is 0.334. The van der Waals surface area contributed by atoms with E-state index in [2.05, 4.69) is 31.2 Å². The number of anilines is 2. The molecule has 0 bridgehead atoms. The predicted molar refractivity (Wildman–Crippen MR) is 67.0 cm³/mol. The zero-order valence-corrected chi connectivity index (χ0v) is 10.2. The molecule has 4 nitrogen and oxygen atoms in total. The minimum atomic E-state index is -0.334. The van der Waals surface area contributed by atoms with E-state index >= 15 is 0 Å². The maximum atomic E-state index is 10.9. The third kappa shape index (κ3) is 2.49. The molecule has 82 valence electrons. The van der Waals surface area contributed by atoms with Gasteiger partial charge >= 0.3 is 5.69 Å². The van der Waals surface area contributed by atoms with Gasteiger partial charge in [-0.25, -0.2) is 4.79 Å². The van der Waals surface area contributed by atoms with Gasteiger partial charge in [0.05, 0.1) is 11.9 Å². The van der Waals surface area contributed by atoms with Gasteiger partial charge in [0, 0.05) is 15.9 Å². The average Bonchev–Trinajstić information content (AvgIpc) is 2.25. The summed E-state index contributed by atoms with van der Waals surface area (Å²) in [5.41, 5.74) is 2.17. The summed E-state index contributed by atoms with van der Waals surface area (Å²) in [6.07, 6.45) is 1.52. The van der Waals surface area contributed by atoms with Gasteiger partial charge < -0.3 is 10.3 Å². The number of nitrogens with one attached hydrogen (secondary N) is 2. The van der Waals surface area contributed by atoms with Gasteiger partial charge in [0.2, 0.25) is 0 Å². The van der Waals surface area contributed by atoms with E-state index in [0.29, 0.717) is 0 Å². The van der Waals surface area contributed by atoms with Crippen molar-refractivity contribution in [3.8, 4) is 0 Å². The lowest BCUT2D eigenvalue weighted by molar-refractivity contribution is 1.03. The van der Waals surface area contributed by atoms with Crippen LogP contribution in [0.2, 0.25) is 0 Å². The van der Waals surface area contributed by atoms with Gasteiger partial charge in [0.15, 0.2) is 0 Å². The van der Waals surface area contributed by atoms with E-state index in [1.165, 1.54) is 6.20 Å².